The molecule has 23 heavy (non-hydrogen) atoms. The topological polar surface area (TPSA) is 80.8 Å². The number of fused-ring (bicyclic) bond motifs is 1. The fraction of sp³-hybridized carbons (Fsp3) is 0.500. The highest BCUT2D eigenvalue weighted by atomic mass is 32.2. The van der Waals surface area contributed by atoms with Gasteiger partial charge in [0.1, 0.15) is 0 Å². The van der Waals surface area contributed by atoms with Gasteiger partial charge in [-0.15, -0.1) is 0 Å². The average Bonchev–Trinajstić information content (AvgIpc) is 2.77. The van der Waals surface area contributed by atoms with Crippen molar-refractivity contribution in [2.45, 2.75) is 31.7 Å². The number of nitrogens with zero attached hydrogens (tertiary/aromatic N) is 1. The maximum Gasteiger partial charge on any atom is 0.264 e. The Morgan fingerprint density at radius 3 is 2.04 bits per heavy atom. The predicted octanol–water partition coefficient (Wildman–Crippen LogP) is 1.82. The fourth-order valence-corrected chi connectivity index (χ4v) is 3.77. The predicted molar refractivity (Wildman–Crippen MR) is 83.5 cm³/mol. The molecule has 0 atom stereocenters. The normalized spacial score (nSPS) is 24.8. The Balaban J connectivity index is 1.63. The van der Waals surface area contributed by atoms with E-state index < -0.39 is 10.1 Å². The summed E-state index contributed by atoms with van der Waals surface area (Å²) in [5.74, 6) is -0.293. The maximum atomic E-state index is 12.4. The van der Waals surface area contributed by atoms with Gasteiger partial charge in [-0.2, -0.15) is 8.42 Å². The average molecular weight is 337 g/mol. The SMILES string of the molecule is CS(=O)(=O)OC[C@H]1CC[C@H](N2C(=O)c3ccccc3C2=O)CC1. The second kappa shape index (κ2) is 6.05. The van der Waals surface area contributed by atoms with E-state index in [4.69, 9.17) is 4.18 Å². The third-order valence-corrected chi connectivity index (χ3v) is 5.09. The summed E-state index contributed by atoms with van der Waals surface area (Å²) in [6.07, 6.45) is 3.89. The Kier molecular flexibility index (Phi) is 4.25. The number of benzene rings is 1. The number of hydrogen-bond donors (Lipinski definition) is 0. The summed E-state index contributed by atoms with van der Waals surface area (Å²) < 4.78 is 26.9. The Morgan fingerprint density at radius 1 is 1.04 bits per heavy atom. The Hall–Kier alpha value is -1.73. The van der Waals surface area contributed by atoms with Crippen molar-refractivity contribution in [1.82, 2.24) is 4.90 Å². The summed E-state index contributed by atoms with van der Waals surface area (Å²) in [6.45, 7) is 0.174. The van der Waals surface area contributed by atoms with Crippen LogP contribution >= 0.6 is 0 Å². The lowest BCUT2D eigenvalue weighted by molar-refractivity contribution is 0.0518. The van der Waals surface area contributed by atoms with Crippen molar-refractivity contribution < 1.29 is 22.2 Å². The van der Waals surface area contributed by atoms with Gasteiger partial charge in [-0.25, -0.2) is 0 Å². The molecule has 0 saturated heterocycles. The van der Waals surface area contributed by atoms with Gasteiger partial charge in [0.25, 0.3) is 21.9 Å². The zero-order valence-corrected chi connectivity index (χ0v) is 13.7. The van der Waals surface area contributed by atoms with Crippen LogP contribution in [0.15, 0.2) is 24.3 Å². The minimum absolute atomic E-state index is 0.114. The van der Waals surface area contributed by atoms with E-state index in [0.29, 0.717) is 24.0 Å². The lowest BCUT2D eigenvalue weighted by atomic mass is 9.86. The van der Waals surface area contributed by atoms with Crippen molar-refractivity contribution >= 4 is 21.9 Å². The molecule has 0 spiro atoms. The van der Waals surface area contributed by atoms with Gasteiger partial charge < -0.3 is 0 Å². The maximum absolute atomic E-state index is 12.4. The number of carbonyl (C=O) groups excluding carboxylic acids is 2. The standard InChI is InChI=1S/C16H19NO5S/c1-23(20,21)22-10-11-6-8-12(9-7-11)17-15(18)13-4-2-3-5-14(13)16(17)19/h2-5,11-12H,6-10H2,1H3/t11-,12-. The van der Waals surface area contributed by atoms with Gasteiger partial charge in [-0.05, 0) is 43.7 Å². The monoisotopic (exact) mass is 337 g/mol. The Bertz CT molecular complexity index is 700. The number of hydrogen-bond acceptors (Lipinski definition) is 5. The van der Waals surface area contributed by atoms with Crippen molar-refractivity contribution in [2.24, 2.45) is 5.92 Å². The summed E-state index contributed by atoms with van der Waals surface area (Å²) >= 11 is 0. The molecule has 1 aliphatic carbocycles. The van der Waals surface area contributed by atoms with E-state index >= 15 is 0 Å². The molecule has 3 rings (SSSR count). The van der Waals surface area contributed by atoms with Gasteiger partial charge in [-0.1, -0.05) is 12.1 Å². The van der Waals surface area contributed by atoms with Crippen LogP contribution < -0.4 is 0 Å². The summed E-state index contributed by atoms with van der Waals surface area (Å²) in [5, 5.41) is 0. The molecule has 0 radical (unpaired) electrons. The van der Waals surface area contributed by atoms with Gasteiger partial charge in [0, 0.05) is 6.04 Å². The van der Waals surface area contributed by atoms with Crippen LogP contribution in [0.4, 0.5) is 0 Å². The van der Waals surface area contributed by atoms with Crippen LogP contribution in [0.3, 0.4) is 0 Å². The molecule has 2 amide bonds. The van der Waals surface area contributed by atoms with Crippen molar-refractivity contribution in [3.8, 4) is 0 Å². The van der Waals surface area contributed by atoms with Crippen LogP contribution in [0.1, 0.15) is 46.4 Å². The van der Waals surface area contributed by atoms with Crippen LogP contribution in [-0.4, -0.2) is 44.0 Å². The molecule has 0 aromatic heterocycles. The molecule has 1 aromatic rings. The van der Waals surface area contributed by atoms with E-state index in [0.717, 1.165) is 19.1 Å². The molecule has 0 N–H and O–H groups in total. The highest BCUT2D eigenvalue weighted by Gasteiger charge is 2.40. The van der Waals surface area contributed by atoms with Gasteiger partial charge in [0.05, 0.1) is 24.0 Å². The molecular weight excluding hydrogens is 318 g/mol. The van der Waals surface area contributed by atoms with Crippen LogP contribution in [0.2, 0.25) is 0 Å². The van der Waals surface area contributed by atoms with E-state index in [1.54, 1.807) is 24.3 Å². The molecule has 1 saturated carbocycles. The molecule has 1 aromatic carbocycles. The zero-order valence-electron chi connectivity index (χ0n) is 12.9. The van der Waals surface area contributed by atoms with Gasteiger partial charge in [-0.3, -0.25) is 18.7 Å². The molecule has 0 unspecified atom stereocenters. The molecule has 1 fully saturated rings. The second-order valence-electron chi connectivity index (χ2n) is 6.19. The van der Waals surface area contributed by atoms with Crippen molar-refractivity contribution in [3.63, 3.8) is 0 Å². The Morgan fingerprint density at radius 2 is 1.57 bits per heavy atom. The third kappa shape index (κ3) is 3.30. The largest absolute Gasteiger partial charge is 0.271 e. The quantitative estimate of drug-likeness (QED) is 0.618. The summed E-state index contributed by atoms with van der Waals surface area (Å²) in [7, 11) is -3.43. The third-order valence-electron chi connectivity index (χ3n) is 4.52. The molecule has 1 heterocycles. The van der Waals surface area contributed by atoms with Crippen molar-refractivity contribution in [3.05, 3.63) is 35.4 Å². The molecule has 7 heteroatoms. The molecular formula is C16H19NO5S. The van der Waals surface area contributed by atoms with E-state index in [2.05, 4.69) is 0 Å². The summed E-state index contributed by atoms with van der Waals surface area (Å²) in [4.78, 5) is 26.3. The lowest BCUT2D eigenvalue weighted by Crippen LogP contribution is -2.42. The van der Waals surface area contributed by atoms with Crippen LogP contribution in [0, 0.1) is 5.92 Å². The summed E-state index contributed by atoms with van der Waals surface area (Å²) in [5.41, 5.74) is 0.945. The van der Waals surface area contributed by atoms with Gasteiger partial charge in [0.15, 0.2) is 0 Å². The van der Waals surface area contributed by atoms with Crippen LogP contribution in [0.5, 0.6) is 0 Å². The number of amides is 2. The molecule has 2 aliphatic rings. The van der Waals surface area contributed by atoms with E-state index in [1.165, 1.54) is 4.90 Å². The Labute approximate surface area is 135 Å². The molecule has 124 valence electrons. The number of rotatable bonds is 4. The second-order valence-corrected chi connectivity index (χ2v) is 7.83. The van der Waals surface area contributed by atoms with Crippen LogP contribution in [-0.2, 0) is 14.3 Å². The minimum Gasteiger partial charge on any atom is -0.271 e. The number of imide groups is 1. The minimum atomic E-state index is -3.43. The van der Waals surface area contributed by atoms with E-state index in [1.807, 2.05) is 0 Å². The van der Waals surface area contributed by atoms with Gasteiger partial charge in [0.2, 0.25) is 0 Å². The molecule has 6 nitrogen and oxygen atoms in total. The summed E-state index contributed by atoms with van der Waals surface area (Å²) in [6, 6.07) is 6.76. The fourth-order valence-electron chi connectivity index (χ4n) is 3.33. The molecule has 0 bridgehead atoms. The smallest absolute Gasteiger partial charge is 0.264 e. The number of carbonyl (C=O) groups is 2. The lowest BCUT2D eigenvalue weighted by Gasteiger charge is -2.33. The van der Waals surface area contributed by atoms with E-state index in [9.17, 15) is 18.0 Å². The van der Waals surface area contributed by atoms with Crippen molar-refractivity contribution in [1.29, 1.82) is 0 Å². The molecule has 1 aliphatic heterocycles. The van der Waals surface area contributed by atoms with Gasteiger partial charge >= 0.3 is 0 Å². The van der Waals surface area contributed by atoms with Crippen molar-refractivity contribution in [2.75, 3.05) is 12.9 Å². The first-order valence-corrected chi connectivity index (χ1v) is 9.50. The van der Waals surface area contributed by atoms with Crippen LogP contribution in [0.25, 0.3) is 0 Å². The highest BCUT2D eigenvalue weighted by molar-refractivity contribution is 7.85. The first kappa shape index (κ1) is 16.1. The highest BCUT2D eigenvalue weighted by Crippen LogP contribution is 2.33. The first-order valence-electron chi connectivity index (χ1n) is 7.68. The first-order chi connectivity index (χ1) is 10.9. The van der Waals surface area contributed by atoms with E-state index in [-0.39, 0.29) is 30.4 Å². The zero-order chi connectivity index (χ0) is 16.6.